The molecule has 0 spiro atoms. The van der Waals surface area contributed by atoms with Crippen LogP contribution in [0.15, 0.2) is 53.9 Å². The van der Waals surface area contributed by atoms with E-state index < -0.39 is 5.82 Å². The Morgan fingerprint density at radius 2 is 2.00 bits per heavy atom. The van der Waals surface area contributed by atoms with Crippen molar-refractivity contribution in [3.8, 4) is 5.75 Å². The molecule has 1 aromatic heterocycles. The molecule has 2 atom stereocenters. The third kappa shape index (κ3) is 6.39. The minimum absolute atomic E-state index is 0.0563. The predicted molar refractivity (Wildman–Crippen MR) is 146 cm³/mol. The van der Waals surface area contributed by atoms with Crippen LogP contribution in [0, 0.1) is 25.6 Å². The van der Waals surface area contributed by atoms with Crippen LogP contribution >= 0.6 is 11.3 Å². The third-order valence-electron chi connectivity index (χ3n) is 7.06. The molecule has 7 heteroatoms. The average molecular weight is 523 g/mol. The van der Waals surface area contributed by atoms with Crippen LogP contribution < -0.4 is 4.74 Å². The maximum atomic E-state index is 13.9. The van der Waals surface area contributed by atoms with E-state index in [1.807, 2.05) is 30.9 Å². The maximum Gasteiger partial charge on any atom is 0.254 e. The summed E-state index contributed by atoms with van der Waals surface area (Å²) in [5.41, 5.74) is 3.59. The van der Waals surface area contributed by atoms with E-state index >= 15 is 0 Å². The molecule has 196 valence electrons. The van der Waals surface area contributed by atoms with Gasteiger partial charge in [-0.05, 0) is 73.0 Å². The molecule has 0 bridgehead atoms. The van der Waals surface area contributed by atoms with Gasteiger partial charge in [-0.2, -0.15) is 0 Å². The summed E-state index contributed by atoms with van der Waals surface area (Å²) in [5.74, 6) is 0.0905. The standard InChI is InChI=1S/C30H35FN2O3S/c1-5-20(2)17-32(30(35)23-7-6-8-24(31)16-23)18-29(34)33-13-11-28-25(12-14-37-28)26(33)19-36-27-10-9-21(3)15-22(27)4/h6-10,12,14-16,20,26H,5,11,13,17-19H2,1-4H3. The number of amides is 2. The smallest absolute Gasteiger partial charge is 0.254 e. The number of fused-ring (bicyclic) bond motifs is 1. The van der Waals surface area contributed by atoms with E-state index in [-0.39, 0.29) is 35.9 Å². The highest BCUT2D eigenvalue weighted by Crippen LogP contribution is 2.34. The molecule has 0 saturated carbocycles. The van der Waals surface area contributed by atoms with Crippen molar-refractivity contribution >= 4 is 23.2 Å². The summed E-state index contributed by atoms with van der Waals surface area (Å²) < 4.78 is 20.1. The van der Waals surface area contributed by atoms with Crippen LogP contribution in [-0.4, -0.2) is 47.9 Å². The fourth-order valence-electron chi connectivity index (χ4n) is 4.79. The van der Waals surface area contributed by atoms with E-state index in [1.54, 1.807) is 22.3 Å². The van der Waals surface area contributed by atoms with Crippen LogP contribution in [0.4, 0.5) is 4.39 Å². The van der Waals surface area contributed by atoms with Crippen LogP contribution in [0.1, 0.15) is 58.2 Å². The van der Waals surface area contributed by atoms with Crippen LogP contribution in [-0.2, 0) is 11.2 Å². The molecule has 0 saturated heterocycles. The van der Waals surface area contributed by atoms with Crippen molar-refractivity contribution in [1.29, 1.82) is 0 Å². The zero-order chi connectivity index (χ0) is 26.5. The topological polar surface area (TPSA) is 49.9 Å². The van der Waals surface area contributed by atoms with Gasteiger partial charge in [0.25, 0.3) is 5.91 Å². The molecule has 0 aliphatic carbocycles. The number of rotatable bonds is 9. The van der Waals surface area contributed by atoms with Gasteiger partial charge in [0.1, 0.15) is 24.7 Å². The second-order valence-electron chi connectivity index (χ2n) is 9.94. The molecule has 0 fully saturated rings. The molecule has 0 radical (unpaired) electrons. The van der Waals surface area contributed by atoms with Crippen molar-refractivity contribution < 1.29 is 18.7 Å². The third-order valence-corrected chi connectivity index (χ3v) is 8.05. The molecular weight excluding hydrogens is 487 g/mol. The number of carbonyl (C=O) groups is 2. The van der Waals surface area contributed by atoms with E-state index in [0.717, 1.165) is 29.7 Å². The second kappa shape index (κ2) is 11.9. The molecule has 37 heavy (non-hydrogen) atoms. The summed E-state index contributed by atoms with van der Waals surface area (Å²) in [7, 11) is 0. The van der Waals surface area contributed by atoms with Gasteiger partial charge >= 0.3 is 0 Å². The van der Waals surface area contributed by atoms with Crippen molar-refractivity contribution in [1.82, 2.24) is 9.80 Å². The highest BCUT2D eigenvalue weighted by Gasteiger charge is 2.34. The number of hydrogen-bond donors (Lipinski definition) is 0. The summed E-state index contributed by atoms with van der Waals surface area (Å²) in [4.78, 5) is 31.8. The number of ether oxygens (including phenoxy) is 1. The highest BCUT2D eigenvalue weighted by molar-refractivity contribution is 7.10. The Balaban J connectivity index is 1.55. The van der Waals surface area contributed by atoms with Gasteiger partial charge in [-0.1, -0.05) is 44.0 Å². The molecular formula is C30H35FN2O3S. The van der Waals surface area contributed by atoms with Gasteiger partial charge in [-0.15, -0.1) is 11.3 Å². The first-order valence-corrected chi connectivity index (χ1v) is 13.7. The van der Waals surface area contributed by atoms with Gasteiger partial charge < -0.3 is 14.5 Å². The molecule has 2 unspecified atom stereocenters. The van der Waals surface area contributed by atoms with Gasteiger partial charge in [-0.3, -0.25) is 9.59 Å². The zero-order valence-electron chi connectivity index (χ0n) is 22.0. The Kier molecular flexibility index (Phi) is 8.64. The van der Waals surface area contributed by atoms with Gasteiger partial charge in [0, 0.05) is 23.5 Å². The van der Waals surface area contributed by atoms with E-state index in [1.165, 1.54) is 28.6 Å². The van der Waals surface area contributed by atoms with E-state index in [2.05, 4.69) is 31.4 Å². The first-order chi connectivity index (χ1) is 17.8. The lowest BCUT2D eigenvalue weighted by molar-refractivity contribution is -0.135. The molecule has 5 nitrogen and oxygen atoms in total. The highest BCUT2D eigenvalue weighted by atomic mass is 32.1. The molecule has 0 N–H and O–H groups in total. The van der Waals surface area contributed by atoms with Crippen molar-refractivity contribution in [2.75, 3.05) is 26.2 Å². The molecule has 2 amide bonds. The number of benzene rings is 2. The number of nitrogens with zero attached hydrogens (tertiary/aromatic N) is 2. The lowest BCUT2D eigenvalue weighted by Crippen LogP contribution is -2.48. The summed E-state index contributed by atoms with van der Waals surface area (Å²) in [6, 6.07) is 13.6. The summed E-state index contributed by atoms with van der Waals surface area (Å²) >= 11 is 1.70. The van der Waals surface area contributed by atoms with Crippen molar-refractivity contribution in [2.45, 2.75) is 46.6 Å². The van der Waals surface area contributed by atoms with E-state index in [0.29, 0.717) is 19.7 Å². The lowest BCUT2D eigenvalue weighted by atomic mass is 10.00. The Bertz CT molecular complexity index is 1260. The first-order valence-electron chi connectivity index (χ1n) is 12.9. The SMILES string of the molecule is CCC(C)CN(CC(=O)N1CCc2sccc2C1COc1ccc(C)cc1C)C(=O)c1cccc(F)c1. The number of aryl methyl sites for hydroxylation is 2. The summed E-state index contributed by atoms with van der Waals surface area (Å²) in [5, 5.41) is 2.06. The van der Waals surface area contributed by atoms with E-state index in [4.69, 9.17) is 4.74 Å². The normalized spacial score (nSPS) is 15.7. The lowest BCUT2D eigenvalue weighted by Gasteiger charge is -2.37. The number of hydrogen-bond acceptors (Lipinski definition) is 4. The van der Waals surface area contributed by atoms with Crippen LogP contribution in [0.25, 0.3) is 0 Å². The fraction of sp³-hybridized carbons (Fsp3) is 0.400. The Morgan fingerprint density at radius 3 is 2.73 bits per heavy atom. The Labute approximate surface area is 222 Å². The predicted octanol–water partition coefficient (Wildman–Crippen LogP) is 6.20. The Hall–Kier alpha value is -3.19. The minimum Gasteiger partial charge on any atom is -0.491 e. The average Bonchev–Trinajstić information content (AvgIpc) is 3.36. The second-order valence-corrected chi connectivity index (χ2v) is 10.9. The number of halogens is 1. The molecule has 1 aliphatic heterocycles. The van der Waals surface area contributed by atoms with Crippen LogP contribution in [0.2, 0.25) is 0 Å². The Morgan fingerprint density at radius 1 is 1.19 bits per heavy atom. The van der Waals surface area contributed by atoms with Crippen LogP contribution in [0.5, 0.6) is 5.75 Å². The molecule has 4 rings (SSSR count). The van der Waals surface area contributed by atoms with Crippen molar-refractivity contribution in [2.24, 2.45) is 5.92 Å². The quantitative estimate of drug-likeness (QED) is 0.336. The molecule has 1 aliphatic rings. The fourth-order valence-corrected chi connectivity index (χ4v) is 5.72. The van der Waals surface area contributed by atoms with Crippen LogP contribution in [0.3, 0.4) is 0 Å². The zero-order valence-corrected chi connectivity index (χ0v) is 22.8. The first kappa shape index (κ1) is 26.9. The van der Waals surface area contributed by atoms with Gasteiger partial charge in [0.15, 0.2) is 0 Å². The van der Waals surface area contributed by atoms with Crippen molar-refractivity contribution in [3.63, 3.8) is 0 Å². The molecule has 2 aromatic carbocycles. The number of thiophene rings is 1. The van der Waals surface area contributed by atoms with Gasteiger partial charge in [0.2, 0.25) is 5.91 Å². The monoisotopic (exact) mass is 522 g/mol. The largest absolute Gasteiger partial charge is 0.491 e. The van der Waals surface area contributed by atoms with Gasteiger partial charge in [0.05, 0.1) is 6.04 Å². The minimum atomic E-state index is -0.467. The molecule has 2 heterocycles. The number of carbonyl (C=O) groups excluding carboxylic acids is 2. The van der Waals surface area contributed by atoms with Gasteiger partial charge in [-0.25, -0.2) is 4.39 Å². The summed E-state index contributed by atoms with van der Waals surface area (Å²) in [6.07, 6.45) is 1.65. The maximum absolute atomic E-state index is 13.9. The van der Waals surface area contributed by atoms with E-state index in [9.17, 15) is 14.0 Å². The molecule has 3 aromatic rings. The van der Waals surface area contributed by atoms with Crippen molar-refractivity contribution in [3.05, 3.63) is 86.9 Å². The summed E-state index contributed by atoms with van der Waals surface area (Å²) in [6.45, 7) is 9.45.